The summed E-state index contributed by atoms with van der Waals surface area (Å²) in [5.74, 6) is -0.660. The van der Waals surface area contributed by atoms with E-state index >= 15 is 0 Å². The van der Waals surface area contributed by atoms with Crippen LogP contribution in [0.15, 0.2) is 16.0 Å². The smallest absolute Gasteiger partial charge is 0.324 e. The van der Waals surface area contributed by atoms with Gasteiger partial charge in [0.1, 0.15) is 5.54 Å². The van der Waals surface area contributed by atoms with Crippen molar-refractivity contribution in [2.75, 3.05) is 12.8 Å². The van der Waals surface area contributed by atoms with Crippen molar-refractivity contribution < 1.29 is 9.90 Å². The third-order valence-corrected chi connectivity index (χ3v) is 3.99. The predicted octanol–water partition coefficient (Wildman–Crippen LogP) is 0.877. The zero-order chi connectivity index (χ0) is 14.5. The summed E-state index contributed by atoms with van der Waals surface area (Å²) in [5, 5.41) is 12.4. The number of thioether (sulfide) groups is 1. The summed E-state index contributed by atoms with van der Waals surface area (Å²) in [6.07, 6.45) is 1.64. The van der Waals surface area contributed by atoms with Gasteiger partial charge in [-0.1, -0.05) is 25.1 Å². The van der Waals surface area contributed by atoms with Crippen molar-refractivity contribution in [3.8, 4) is 0 Å². The number of aromatic amines is 1. The number of aliphatic carboxylic acids is 1. The van der Waals surface area contributed by atoms with Crippen LogP contribution in [0.25, 0.3) is 0 Å². The first-order valence-corrected chi connectivity index (χ1v) is 7.05. The normalized spacial score (nSPS) is 14.1. The second kappa shape index (κ2) is 6.72. The van der Waals surface area contributed by atoms with Crippen LogP contribution in [0.4, 0.5) is 0 Å². The van der Waals surface area contributed by atoms with Crippen LogP contribution >= 0.6 is 11.8 Å². The molecule has 0 bridgehead atoms. The number of aromatic nitrogens is 2. The number of aryl methyl sites for hydroxylation is 1. The number of likely N-dealkylation sites (N-methyl/N-ethyl adjacent to an activating group) is 1. The lowest BCUT2D eigenvalue weighted by atomic mass is 10.1. The van der Waals surface area contributed by atoms with Crippen LogP contribution in [0, 0.1) is 0 Å². The molecule has 0 fully saturated rings. The Morgan fingerprint density at radius 3 is 2.84 bits per heavy atom. The molecule has 1 rings (SSSR count). The summed E-state index contributed by atoms with van der Waals surface area (Å²) in [6.45, 7) is 3.61. The molecular formula is C12H19N3O3S. The first-order chi connectivity index (χ1) is 8.91. The number of carboxylic acid groups (broad SMARTS) is 1. The SMILES string of the molecule is CCCc1cc(=O)[nH]c(SCC(C)(NC)C(=O)O)n1. The number of carboxylic acids is 1. The van der Waals surface area contributed by atoms with Crippen molar-refractivity contribution in [2.24, 2.45) is 0 Å². The molecule has 1 unspecified atom stereocenters. The van der Waals surface area contributed by atoms with Gasteiger partial charge in [-0.2, -0.15) is 0 Å². The highest BCUT2D eigenvalue weighted by molar-refractivity contribution is 7.99. The minimum absolute atomic E-state index is 0.206. The summed E-state index contributed by atoms with van der Waals surface area (Å²) >= 11 is 1.22. The van der Waals surface area contributed by atoms with Crippen molar-refractivity contribution in [1.29, 1.82) is 0 Å². The van der Waals surface area contributed by atoms with Gasteiger partial charge in [0.05, 0.1) is 0 Å². The fourth-order valence-corrected chi connectivity index (χ4v) is 2.44. The molecule has 0 spiro atoms. The average Bonchev–Trinajstić information content (AvgIpc) is 2.35. The van der Waals surface area contributed by atoms with E-state index in [0.717, 1.165) is 18.5 Å². The van der Waals surface area contributed by atoms with Crippen LogP contribution in [0.3, 0.4) is 0 Å². The first-order valence-electron chi connectivity index (χ1n) is 6.06. The van der Waals surface area contributed by atoms with Crippen molar-refractivity contribution >= 4 is 17.7 Å². The largest absolute Gasteiger partial charge is 0.480 e. The van der Waals surface area contributed by atoms with Crippen LogP contribution in [0.1, 0.15) is 26.0 Å². The Kier molecular flexibility index (Phi) is 5.56. The molecule has 0 radical (unpaired) electrons. The van der Waals surface area contributed by atoms with E-state index in [2.05, 4.69) is 15.3 Å². The lowest BCUT2D eigenvalue weighted by Crippen LogP contribution is -2.49. The third-order valence-electron chi connectivity index (χ3n) is 2.80. The van der Waals surface area contributed by atoms with Gasteiger partial charge in [0.15, 0.2) is 5.16 Å². The molecule has 0 aromatic carbocycles. The summed E-state index contributed by atoms with van der Waals surface area (Å²) in [6, 6.07) is 1.47. The van der Waals surface area contributed by atoms with E-state index in [1.165, 1.54) is 17.8 Å². The molecule has 0 saturated heterocycles. The Morgan fingerprint density at radius 2 is 2.32 bits per heavy atom. The highest BCUT2D eigenvalue weighted by Gasteiger charge is 2.31. The molecule has 1 heterocycles. The van der Waals surface area contributed by atoms with Gasteiger partial charge in [-0.3, -0.25) is 9.59 Å². The van der Waals surface area contributed by atoms with Gasteiger partial charge in [-0.25, -0.2) is 4.98 Å². The number of nitrogens with one attached hydrogen (secondary N) is 2. The average molecular weight is 285 g/mol. The molecule has 106 valence electrons. The van der Waals surface area contributed by atoms with Crippen molar-refractivity contribution in [3.05, 3.63) is 22.1 Å². The van der Waals surface area contributed by atoms with Crippen LogP contribution in [-0.4, -0.2) is 39.4 Å². The van der Waals surface area contributed by atoms with E-state index in [-0.39, 0.29) is 11.3 Å². The summed E-state index contributed by atoms with van der Waals surface area (Å²) in [7, 11) is 1.60. The molecule has 0 saturated carbocycles. The minimum atomic E-state index is -1.05. The zero-order valence-corrected chi connectivity index (χ0v) is 12.1. The monoisotopic (exact) mass is 285 g/mol. The highest BCUT2D eigenvalue weighted by atomic mass is 32.2. The maximum absolute atomic E-state index is 11.5. The standard InChI is InChI=1S/C12H19N3O3S/c1-4-5-8-6-9(16)15-11(14-8)19-7-12(2,13-3)10(17)18/h6,13H,4-5,7H2,1-3H3,(H,17,18)(H,14,15,16). The number of hydrogen-bond acceptors (Lipinski definition) is 5. The minimum Gasteiger partial charge on any atom is -0.480 e. The Hall–Kier alpha value is -1.34. The fourth-order valence-electron chi connectivity index (χ4n) is 1.39. The molecule has 1 atom stereocenters. The Bertz CT molecular complexity index is 503. The Labute approximate surface area is 116 Å². The molecule has 0 aliphatic carbocycles. The number of rotatable bonds is 7. The molecule has 19 heavy (non-hydrogen) atoms. The number of hydrogen-bond donors (Lipinski definition) is 3. The molecular weight excluding hydrogens is 266 g/mol. The van der Waals surface area contributed by atoms with Crippen LogP contribution in [0.2, 0.25) is 0 Å². The molecule has 3 N–H and O–H groups in total. The quantitative estimate of drug-likeness (QED) is 0.508. The molecule has 7 heteroatoms. The lowest BCUT2D eigenvalue weighted by molar-refractivity contribution is -0.142. The topological polar surface area (TPSA) is 95.1 Å². The molecule has 6 nitrogen and oxygen atoms in total. The molecule has 1 aromatic rings. The van der Waals surface area contributed by atoms with Crippen molar-refractivity contribution in [3.63, 3.8) is 0 Å². The van der Waals surface area contributed by atoms with Gasteiger partial charge in [-0.15, -0.1) is 0 Å². The van der Waals surface area contributed by atoms with Gasteiger partial charge in [-0.05, 0) is 20.4 Å². The lowest BCUT2D eigenvalue weighted by Gasteiger charge is -2.23. The second-order valence-corrected chi connectivity index (χ2v) is 5.43. The van der Waals surface area contributed by atoms with E-state index < -0.39 is 11.5 Å². The molecule has 0 aliphatic heterocycles. The fraction of sp³-hybridized carbons (Fsp3) is 0.583. The maximum Gasteiger partial charge on any atom is 0.324 e. The van der Waals surface area contributed by atoms with Crippen LogP contribution in [0.5, 0.6) is 0 Å². The van der Waals surface area contributed by atoms with E-state index in [1.807, 2.05) is 6.92 Å². The molecule has 1 aromatic heterocycles. The first kappa shape index (κ1) is 15.7. The third kappa shape index (κ3) is 4.36. The summed E-state index contributed by atoms with van der Waals surface area (Å²) < 4.78 is 0. The van der Waals surface area contributed by atoms with Crippen LogP contribution < -0.4 is 10.9 Å². The number of nitrogens with zero attached hydrogens (tertiary/aromatic N) is 1. The Morgan fingerprint density at radius 1 is 1.63 bits per heavy atom. The number of H-pyrrole nitrogens is 1. The van der Waals surface area contributed by atoms with Gasteiger partial charge in [0.25, 0.3) is 5.56 Å². The maximum atomic E-state index is 11.5. The zero-order valence-electron chi connectivity index (χ0n) is 11.3. The second-order valence-electron chi connectivity index (χ2n) is 4.47. The predicted molar refractivity (Wildman–Crippen MR) is 74.7 cm³/mol. The highest BCUT2D eigenvalue weighted by Crippen LogP contribution is 2.19. The molecule has 0 amide bonds. The van der Waals surface area contributed by atoms with E-state index in [0.29, 0.717) is 5.16 Å². The van der Waals surface area contributed by atoms with E-state index in [9.17, 15) is 9.59 Å². The Balaban J connectivity index is 2.82. The van der Waals surface area contributed by atoms with Gasteiger partial charge >= 0.3 is 5.97 Å². The molecule has 0 aliphatic rings. The van der Waals surface area contributed by atoms with E-state index in [1.54, 1.807) is 14.0 Å². The van der Waals surface area contributed by atoms with Gasteiger partial charge in [0, 0.05) is 17.5 Å². The van der Waals surface area contributed by atoms with Gasteiger partial charge < -0.3 is 15.4 Å². The van der Waals surface area contributed by atoms with Crippen molar-refractivity contribution in [2.45, 2.75) is 37.4 Å². The van der Waals surface area contributed by atoms with Crippen molar-refractivity contribution in [1.82, 2.24) is 15.3 Å². The van der Waals surface area contributed by atoms with Crippen LogP contribution in [-0.2, 0) is 11.2 Å². The van der Waals surface area contributed by atoms with E-state index in [4.69, 9.17) is 5.11 Å². The number of carbonyl (C=O) groups is 1. The summed E-state index contributed by atoms with van der Waals surface area (Å²) in [5.41, 5.74) is -0.526. The van der Waals surface area contributed by atoms with Gasteiger partial charge in [0.2, 0.25) is 0 Å². The summed E-state index contributed by atoms with van der Waals surface area (Å²) in [4.78, 5) is 29.5.